The Morgan fingerprint density at radius 3 is 2.23 bits per heavy atom. The standard InChI is InChI=1S/C7H5NO.2C2H6/c1-2-4-7-6(3-1)5-9-8-7;2*1-2/h1-5H;2*1-2H3. The average molecular weight is 179 g/mol. The Kier molecular flexibility index (Phi) is 6.60. The summed E-state index contributed by atoms with van der Waals surface area (Å²) in [6, 6.07) is 7.77. The van der Waals surface area contributed by atoms with Crippen molar-refractivity contribution in [3.63, 3.8) is 0 Å². The molecular formula is C11H17NO. The normalized spacial score (nSPS) is 8.00. The van der Waals surface area contributed by atoms with Crippen LogP contribution in [0.1, 0.15) is 27.7 Å². The molecule has 0 bridgehead atoms. The quantitative estimate of drug-likeness (QED) is 0.613. The highest BCUT2D eigenvalue weighted by Gasteiger charge is 1.91. The third-order valence-electron chi connectivity index (χ3n) is 1.27. The second-order valence-electron chi connectivity index (χ2n) is 1.87. The minimum Gasteiger partial charge on any atom is -0.364 e. The van der Waals surface area contributed by atoms with E-state index in [2.05, 4.69) is 5.16 Å². The molecule has 1 heterocycles. The zero-order valence-electron chi connectivity index (χ0n) is 8.74. The first-order valence-corrected chi connectivity index (χ1v) is 4.76. The number of hydrogen-bond donors (Lipinski definition) is 0. The molecule has 0 radical (unpaired) electrons. The molecule has 2 nitrogen and oxygen atoms in total. The van der Waals surface area contributed by atoms with Crippen LogP contribution < -0.4 is 0 Å². The van der Waals surface area contributed by atoms with E-state index in [0.29, 0.717) is 0 Å². The fourth-order valence-corrected chi connectivity index (χ4v) is 0.810. The minimum atomic E-state index is 0.914. The van der Waals surface area contributed by atoms with Gasteiger partial charge in [-0.25, -0.2) is 0 Å². The number of fused-ring (bicyclic) bond motifs is 1. The molecule has 0 amide bonds. The van der Waals surface area contributed by atoms with Gasteiger partial charge in [-0.15, -0.1) is 0 Å². The van der Waals surface area contributed by atoms with Crippen LogP contribution in [0.5, 0.6) is 0 Å². The monoisotopic (exact) mass is 179 g/mol. The van der Waals surface area contributed by atoms with Crippen LogP contribution in [-0.4, -0.2) is 5.16 Å². The van der Waals surface area contributed by atoms with Crippen molar-refractivity contribution >= 4 is 10.9 Å². The lowest BCUT2D eigenvalue weighted by atomic mass is 10.3. The first-order chi connectivity index (χ1) is 6.47. The summed E-state index contributed by atoms with van der Waals surface area (Å²) in [5, 5.41) is 4.80. The van der Waals surface area contributed by atoms with Gasteiger partial charge in [0.2, 0.25) is 0 Å². The van der Waals surface area contributed by atoms with E-state index in [0.717, 1.165) is 10.9 Å². The van der Waals surface area contributed by atoms with Gasteiger partial charge in [-0.05, 0) is 12.1 Å². The Morgan fingerprint density at radius 1 is 1.00 bits per heavy atom. The molecule has 0 aliphatic rings. The van der Waals surface area contributed by atoms with Crippen LogP contribution in [0.2, 0.25) is 0 Å². The van der Waals surface area contributed by atoms with Gasteiger partial charge in [-0.1, -0.05) is 45.0 Å². The van der Waals surface area contributed by atoms with Gasteiger partial charge in [0.1, 0.15) is 11.8 Å². The lowest BCUT2D eigenvalue weighted by Crippen LogP contribution is -1.61. The number of nitrogens with zero attached hydrogens (tertiary/aromatic N) is 1. The van der Waals surface area contributed by atoms with Gasteiger partial charge in [-0.3, -0.25) is 0 Å². The third-order valence-corrected chi connectivity index (χ3v) is 1.27. The largest absolute Gasteiger partial charge is 0.364 e. The summed E-state index contributed by atoms with van der Waals surface area (Å²) in [6.45, 7) is 8.00. The molecule has 0 spiro atoms. The molecule has 0 saturated heterocycles. The molecule has 1 aromatic carbocycles. The van der Waals surface area contributed by atoms with Crippen molar-refractivity contribution in [2.45, 2.75) is 27.7 Å². The number of rotatable bonds is 0. The van der Waals surface area contributed by atoms with Crippen molar-refractivity contribution < 1.29 is 4.52 Å². The van der Waals surface area contributed by atoms with Crippen molar-refractivity contribution in [2.75, 3.05) is 0 Å². The maximum absolute atomic E-state index is 4.71. The highest BCUT2D eigenvalue weighted by molar-refractivity contribution is 5.76. The molecule has 0 unspecified atom stereocenters. The van der Waals surface area contributed by atoms with Gasteiger partial charge >= 0.3 is 0 Å². The Morgan fingerprint density at radius 2 is 1.62 bits per heavy atom. The summed E-state index contributed by atoms with van der Waals surface area (Å²) < 4.78 is 4.71. The lowest BCUT2D eigenvalue weighted by molar-refractivity contribution is 0.428. The minimum absolute atomic E-state index is 0.914. The van der Waals surface area contributed by atoms with Gasteiger partial charge in [0, 0.05) is 5.39 Å². The second kappa shape index (κ2) is 7.35. The number of aromatic nitrogens is 1. The van der Waals surface area contributed by atoms with Crippen LogP contribution in [0.15, 0.2) is 35.1 Å². The smallest absolute Gasteiger partial charge is 0.131 e. The summed E-state index contributed by atoms with van der Waals surface area (Å²) >= 11 is 0. The van der Waals surface area contributed by atoms with E-state index in [-0.39, 0.29) is 0 Å². The topological polar surface area (TPSA) is 26.0 Å². The molecule has 2 heteroatoms. The van der Waals surface area contributed by atoms with E-state index in [1.165, 1.54) is 0 Å². The Bertz CT molecular complexity index is 284. The number of hydrogen-bond acceptors (Lipinski definition) is 2. The summed E-state index contributed by atoms with van der Waals surface area (Å²) in [4.78, 5) is 0. The van der Waals surface area contributed by atoms with Crippen LogP contribution in [0.4, 0.5) is 0 Å². The summed E-state index contributed by atoms with van der Waals surface area (Å²) in [6.07, 6.45) is 1.63. The van der Waals surface area contributed by atoms with Crippen LogP contribution >= 0.6 is 0 Å². The zero-order valence-corrected chi connectivity index (χ0v) is 8.74. The fourth-order valence-electron chi connectivity index (χ4n) is 0.810. The summed E-state index contributed by atoms with van der Waals surface area (Å²) in [5.74, 6) is 0. The molecular weight excluding hydrogens is 162 g/mol. The predicted octanol–water partition coefficient (Wildman–Crippen LogP) is 3.88. The van der Waals surface area contributed by atoms with Gasteiger partial charge in [0.15, 0.2) is 0 Å². The first kappa shape index (κ1) is 11.7. The van der Waals surface area contributed by atoms with Crippen molar-refractivity contribution in [3.8, 4) is 0 Å². The maximum Gasteiger partial charge on any atom is 0.131 e. The van der Waals surface area contributed by atoms with E-state index in [1.807, 2.05) is 52.0 Å². The van der Waals surface area contributed by atoms with E-state index in [1.54, 1.807) is 6.26 Å². The molecule has 0 aliphatic heterocycles. The van der Waals surface area contributed by atoms with Crippen molar-refractivity contribution in [3.05, 3.63) is 30.5 Å². The van der Waals surface area contributed by atoms with E-state index < -0.39 is 0 Å². The molecule has 72 valence electrons. The molecule has 1 aromatic heterocycles. The van der Waals surface area contributed by atoms with E-state index >= 15 is 0 Å². The Labute approximate surface area is 79.5 Å². The first-order valence-electron chi connectivity index (χ1n) is 4.76. The second-order valence-corrected chi connectivity index (χ2v) is 1.87. The highest BCUT2D eigenvalue weighted by atomic mass is 16.5. The maximum atomic E-state index is 4.71. The van der Waals surface area contributed by atoms with Crippen molar-refractivity contribution in [1.29, 1.82) is 0 Å². The van der Waals surface area contributed by atoms with Crippen LogP contribution in [0, 0.1) is 0 Å². The summed E-state index contributed by atoms with van der Waals surface area (Å²) in [5.41, 5.74) is 0.914. The molecule has 0 saturated carbocycles. The zero-order chi connectivity index (χ0) is 10.1. The van der Waals surface area contributed by atoms with Crippen LogP contribution in [-0.2, 0) is 0 Å². The van der Waals surface area contributed by atoms with Crippen LogP contribution in [0.25, 0.3) is 10.9 Å². The summed E-state index contributed by atoms with van der Waals surface area (Å²) in [7, 11) is 0. The molecule has 13 heavy (non-hydrogen) atoms. The van der Waals surface area contributed by atoms with Gasteiger partial charge < -0.3 is 4.52 Å². The van der Waals surface area contributed by atoms with Crippen molar-refractivity contribution in [2.24, 2.45) is 0 Å². The van der Waals surface area contributed by atoms with Gasteiger partial charge in [0.05, 0.1) is 0 Å². The van der Waals surface area contributed by atoms with Crippen LogP contribution in [0.3, 0.4) is 0 Å². The van der Waals surface area contributed by atoms with E-state index in [9.17, 15) is 0 Å². The fraction of sp³-hybridized carbons (Fsp3) is 0.364. The molecule has 0 fully saturated rings. The van der Waals surface area contributed by atoms with Gasteiger partial charge in [0.25, 0.3) is 0 Å². The highest BCUT2D eigenvalue weighted by Crippen LogP contribution is 2.09. The number of benzene rings is 1. The lowest BCUT2D eigenvalue weighted by Gasteiger charge is -1.78. The van der Waals surface area contributed by atoms with Gasteiger partial charge in [-0.2, -0.15) is 0 Å². The Hall–Kier alpha value is -1.31. The predicted molar refractivity (Wildman–Crippen MR) is 56.7 cm³/mol. The Balaban J connectivity index is 0.000000322. The molecule has 0 atom stereocenters. The molecule has 2 aromatic rings. The average Bonchev–Trinajstić information content (AvgIpc) is 2.71. The molecule has 0 aliphatic carbocycles. The van der Waals surface area contributed by atoms with E-state index in [4.69, 9.17) is 4.52 Å². The third kappa shape index (κ3) is 3.28. The molecule has 2 rings (SSSR count). The van der Waals surface area contributed by atoms with Crippen molar-refractivity contribution in [1.82, 2.24) is 5.16 Å². The SMILES string of the molecule is CC.CC.c1ccc2nocc2c1. The molecule has 0 N–H and O–H groups in total.